The van der Waals surface area contributed by atoms with Crippen molar-refractivity contribution in [1.29, 1.82) is 0 Å². The first-order chi connectivity index (χ1) is 22.0. The highest BCUT2D eigenvalue weighted by molar-refractivity contribution is 7.89. The molecule has 2 bridgehead atoms. The van der Waals surface area contributed by atoms with Gasteiger partial charge in [-0.15, -0.1) is 0 Å². The molecule has 3 atom stereocenters. The van der Waals surface area contributed by atoms with Gasteiger partial charge in [-0.1, -0.05) is 42.5 Å². The fraction of sp³-hybridized carbons (Fsp3) is 0.429. The van der Waals surface area contributed by atoms with Crippen LogP contribution in [0.25, 0.3) is 11.0 Å². The number of piperidine rings is 2. The van der Waals surface area contributed by atoms with Gasteiger partial charge in [-0.3, -0.25) is 9.69 Å². The highest BCUT2D eigenvalue weighted by Gasteiger charge is 2.44. The second-order valence-electron chi connectivity index (χ2n) is 13.3. The number of aromatic nitrogens is 2. The van der Waals surface area contributed by atoms with Gasteiger partial charge >= 0.3 is 0 Å². The number of halogens is 2. The molecular weight excluding hydrogens is 608 g/mol. The number of fused-ring (bicyclic) bond motifs is 3. The maximum absolute atomic E-state index is 14.7. The molecule has 0 radical (unpaired) electrons. The Bertz CT molecular complexity index is 1870. The standard InChI is InChI=1S/C35H39F2N5O3S/c1-23-39-31-9-5-6-10-32(31)42(23)27-19-25-11-12-26(20-27)41(25)18-15-35(24-7-3-2-4-8-24)13-16-40(17-14-35)34(43)28-21-33(46(38,44)45)30(37)22-29(28)36/h2-10,21-22,25-27H,11-20H2,1H3,(H2,38,44,45)/t25-,26+,27+. The van der Waals surface area contributed by atoms with Crippen molar-refractivity contribution in [2.75, 3.05) is 19.6 Å². The van der Waals surface area contributed by atoms with Gasteiger partial charge in [0.05, 0.1) is 16.6 Å². The molecule has 0 spiro atoms. The van der Waals surface area contributed by atoms with Crippen molar-refractivity contribution in [3.63, 3.8) is 0 Å². The molecule has 1 aromatic heterocycles. The molecule has 7 rings (SSSR count). The summed E-state index contributed by atoms with van der Waals surface area (Å²) >= 11 is 0. The van der Waals surface area contributed by atoms with E-state index in [4.69, 9.17) is 10.1 Å². The third-order valence-corrected chi connectivity index (χ3v) is 11.7. The molecule has 2 N–H and O–H groups in total. The van der Waals surface area contributed by atoms with Gasteiger partial charge < -0.3 is 9.47 Å². The highest BCUT2D eigenvalue weighted by Crippen LogP contribution is 2.45. The predicted octanol–water partition coefficient (Wildman–Crippen LogP) is 5.70. The number of primary sulfonamides is 1. The van der Waals surface area contributed by atoms with Gasteiger partial charge in [-0.25, -0.2) is 27.3 Å². The van der Waals surface area contributed by atoms with Crippen LogP contribution in [0.15, 0.2) is 71.6 Å². The van der Waals surface area contributed by atoms with E-state index in [2.05, 4.69) is 46.7 Å². The van der Waals surface area contributed by atoms with E-state index in [1.54, 1.807) is 0 Å². The summed E-state index contributed by atoms with van der Waals surface area (Å²) in [5, 5.41) is 5.11. The van der Waals surface area contributed by atoms with Crippen LogP contribution in [-0.2, 0) is 15.4 Å². The van der Waals surface area contributed by atoms with Crippen molar-refractivity contribution in [3.05, 3.63) is 95.3 Å². The van der Waals surface area contributed by atoms with Crippen LogP contribution in [0.3, 0.4) is 0 Å². The number of carbonyl (C=O) groups is 1. The first kappa shape index (κ1) is 31.0. The number of rotatable bonds is 7. The summed E-state index contributed by atoms with van der Waals surface area (Å²) in [4.78, 5) is 21.6. The van der Waals surface area contributed by atoms with Gasteiger partial charge in [-0.2, -0.15) is 0 Å². The van der Waals surface area contributed by atoms with Gasteiger partial charge in [0.15, 0.2) is 0 Å². The zero-order valence-electron chi connectivity index (χ0n) is 25.9. The van der Waals surface area contributed by atoms with E-state index in [1.807, 2.05) is 24.3 Å². The molecule has 0 saturated carbocycles. The average Bonchev–Trinajstić information content (AvgIpc) is 3.50. The van der Waals surface area contributed by atoms with Crippen molar-refractivity contribution in [3.8, 4) is 0 Å². The van der Waals surface area contributed by atoms with Gasteiger partial charge in [0.2, 0.25) is 10.0 Å². The van der Waals surface area contributed by atoms with Crippen LogP contribution in [0, 0.1) is 18.6 Å². The number of hydrogen-bond donors (Lipinski definition) is 1. The number of nitrogens with two attached hydrogens (primary N) is 1. The second-order valence-corrected chi connectivity index (χ2v) is 14.8. The SMILES string of the molecule is Cc1nc2ccccc2n1[C@H]1C[C@H]2CC[C@@H](C1)N2CCC1(c2ccccc2)CCN(C(=O)c2cc(S(N)(=O)=O)c(F)cc2F)CC1. The Balaban J connectivity index is 1.07. The molecule has 3 aliphatic rings. The smallest absolute Gasteiger partial charge is 0.256 e. The molecule has 1 amide bonds. The van der Waals surface area contributed by atoms with Crippen molar-refractivity contribution < 1.29 is 22.0 Å². The first-order valence-electron chi connectivity index (χ1n) is 16.1. The Morgan fingerprint density at radius 3 is 2.26 bits per heavy atom. The van der Waals surface area contributed by atoms with Crippen LogP contribution in [0.4, 0.5) is 8.78 Å². The van der Waals surface area contributed by atoms with E-state index in [0.29, 0.717) is 50.1 Å². The van der Waals surface area contributed by atoms with Gasteiger partial charge in [0.1, 0.15) is 22.4 Å². The maximum Gasteiger partial charge on any atom is 0.256 e. The number of benzene rings is 3. The van der Waals surface area contributed by atoms with Crippen LogP contribution < -0.4 is 5.14 Å². The van der Waals surface area contributed by atoms with Gasteiger partial charge in [0.25, 0.3) is 5.91 Å². The fourth-order valence-corrected chi connectivity index (χ4v) is 9.10. The van der Waals surface area contributed by atoms with E-state index in [9.17, 15) is 22.0 Å². The second kappa shape index (κ2) is 11.8. The Hall–Kier alpha value is -3.67. The summed E-state index contributed by atoms with van der Waals surface area (Å²) < 4.78 is 55.0. The van der Waals surface area contributed by atoms with Crippen LogP contribution >= 0.6 is 0 Å². The molecule has 3 saturated heterocycles. The van der Waals surface area contributed by atoms with E-state index >= 15 is 0 Å². The average molecular weight is 648 g/mol. The van der Waals surface area contributed by atoms with Crippen LogP contribution in [0.2, 0.25) is 0 Å². The number of carbonyl (C=O) groups excluding carboxylic acids is 1. The van der Waals surface area contributed by atoms with Crippen LogP contribution in [0.1, 0.15) is 72.7 Å². The van der Waals surface area contributed by atoms with E-state index in [1.165, 1.54) is 28.8 Å². The molecule has 3 fully saturated rings. The fourth-order valence-electron chi connectivity index (χ4n) is 8.48. The number of hydrogen-bond acceptors (Lipinski definition) is 5. The third kappa shape index (κ3) is 5.52. The van der Waals surface area contributed by atoms with Gasteiger partial charge in [-0.05, 0) is 87.6 Å². The summed E-state index contributed by atoms with van der Waals surface area (Å²) in [6.45, 7) is 3.81. The molecule has 4 aromatic rings. The lowest BCUT2D eigenvalue weighted by Gasteiger charge is -2.45. The van der Waals surface area contributed by atoms with E-state index in [-0.39, 0.29) is 5.41 Å². The molecule has 11 heteroatoms. The minimum Gasteiger partial charge on any atom is -0.338 e. The molecule has 242 valence electrons. The lowest BCUT2D eigenvalue weighted by atomic mass is 9.70. The maximum atomic E-state index is 14.7. The molecular formula is C35H39F2N5O3S. The van der Waals surface area contributed by atoms with E-state index < -0.39 is 38.0 Å². The molecule has 0 aliphatic carbocycles. The molecule has 8 nitrogen and oxygen atoms in total. The van der Waals surface area contributed by atoms with Crippen molar-refractivity contribution in [2.45, 2.75) is 80.3 Å². The number of likely N-dealkylation sites (tertiary alicyclic amines) is 1. The number of amides is 1. The lowest BCUT2D eigenvalue weighted by Crippen LogP contribution is -2.49. The normalized spacial score (nSPS) is 23.2. The van der Waals surface area contributed by atoms with Gasteiger partial charge in [0, 0.05) is 37.3 Å². The first-order valence-corrected chi connectivity index (χ1v) is 17.6. The lowest BCUT2D eigenvalue weighted by molar-refractivity contribution is 0.0603. The van der Waals surface area contributed by atoms with E-state index in [0.717, 1.165) is 43.2 Å². The number of imidazole rings is 1. The summed E-state index contributed by atoms with van der Waals surface area (Å²) in [5.74, 6) is -2.01. The Morgan fingerprint density at radius 1 is 0.935 bits per heavy atom. The van der Waals surface area contributed by atoms with Crippen molar-refractivity contribution >= 4 is 27.0 Å². The minimum atomic E-state index is -4.46. The minimum absolute atomic E-state index is 0.168. The number of para-hydroxylation sites is 2. The summed E-state index contributed by atoms with van der Waals surface area (Å²) in [5.41, 5.74) is 2.84. The highest BCUT2D eigenvalue weighted by atomic mass is 32.2. The van der Waals surface area contributed by atoms with Crippen molar-refractivity contribution in [2.24, 2.45) is 5.14 Å². The number of sulfonamides is 1. The largest absolute Gasteiger partial charge is 0.338 e. The monoisotopic (exact) mass is 647 g/mol. The molecule has 3 aliphatic heterocycles. The summed E-state index contributed by atoms with van der Waals surface area (Å²) in [7, 11) is -4.46. The summed E-state index contributed by atoms with van der Waals surface area (Å²) in [6, 6.07) is 21.4. The van der Waals surface area contributed by atoms with Crippen molar-refractivity contribution in [1.82, 2.24) is 19.4 Å². The molecule has 4 heterocycles. The molecule has 0 unspecified atom stereocenters. The molecule has 46 heavy (non-hydrogen) atoms. The molecule has 3 aromatic carbocycles. The Morgan fingerprint density at radius 2 is 1.59 bits per heavy atom. The number of nitrogens with zero attached hydrogens (tertiary/aromatic N) is 4. The predicted molar refractivity (Wildman–Crippen MR) is 172 cm³/mol. The Labute approximate surface area is 268 Å². The number of aryl methyl sites for hydroxylation is 1. The zero-order chi connectivity index (χ0) is 32.2. The summed E-state index contributed by atoms with van der Waals surface area (Å²) in [6.07, 6.45) is 6.88. The van der Waals surface area contributed by atoms with Crippen LogP contribution in [-0.4, -0.2) is 65.4 Å². The Kier molecular flexibility index (Phi) is 7.97. The zero-order valence-corrected chi connectivity index (χ0v) is 26.7. The quantitative estimate of drug-likeness (QED) is 0.277. The van der Waals surface area contributed by atoms with Crippen LogP contribution in [0.5, 0.6) is 0 Å². The third-order valence-electron chi connectivity index (χ3n) is 10.8. The topological polar surface area (TPSA) is 102 Å².